The molecule has 0 N–H and O–H groups in total. The fraction of sp³-hybridized carbons (Fsp3) is 0.636. The van der Waals surface area contributed by atoms with Gasteiger partial charge >= 0.3 is 0 Å². The molecule has 4 nitrogen and oxygen atoms in total. The molecule has 1 aliphatic rings. The van der Waals surface area contributed by atoms with E-state index in [0.717, 1.165) is 35.2 Å². The summed E-state index contributed by atoms with van der Waals surface area (Å²) in [6.45, 7) is 8.43. The summed E-state index contributed by atoms with van der Waals surface area (Å²) >= 11 is 3.49. The maximum Gasteiger partial charge on any atom is 0.261 e. The van der Waals surface area contributed by atoms with Gasteiger partial charge in [-0.25, -0.2) is 4.98 Å². The molecule has 3 atom stereocenters. The summed E-state index contributed by atoms with van der Waals surface area (Å²) in [5, 5.41) is 0.708. The molecule has 27 heavy (non-hydrogen) atoms. The van der Waals surface area contributed by atoms with Gasteiger partial charge in [-0.15, -0.1) is 0 Å². The lowest BCUT2D eigenvalue weighted by Crippen LogP contribution is -2.30. The van der Waals surface area contributed by atoms with E-state index in [2.05, 4.69) is 48.6 Å². The summed E-state index contributed by atoms with van der Waals surface area (Å²) in [5.74, 6) is 1.95. The van der Waals surface area contributed by atoms with Crippen molar-refractivity contribution in [2.45, 2.75) is 71.4 Å². The van der Waals surface area contributed by atoms with E-state index in [0.29, 0.717) is 29.8 Å². The second-order valence-electron chi connectivity index (χ2n) is 8.03. The van der Waals surface area contributed by atoms with E-state index in [4.69, 9.17) is 4.98 Å². The number of nitrogens with zero attached hydrogens (tertiary/aromatic N) is 3. The van der Waals surface area contributed by atoms with Gasteiger partial charge in [0.15, 0.2) is 0 Å². The minimum absolute atomic E-state index is 0.0963. The van der Waals surface area contributed by atoms with E-state index >= 15 is 0 Å². The third kappa shape index (κ3) is 4.29. The molecule has 1 saturated heterocycles. The molecule has 2 unspecified atom stereocenters. The second-order valence-corrected chi connectivity index (χ2v) is 8.95. The Labute approximate surface area is 171 Å². The molecule has 5 heteroatoms. The minimum atomic E-state index is 0.0963. The van der Waals surface area contributed by atoms with Gasteiger partial charge in [0.05, 0.1) is 10.9 Å². The maximum absolute atomic E-state index is 13.2. The minimum Gasteiger partial charge on any atom is -0.304 e. The van der Waals surface area contributed by atoms with Crippen molar-refractivity contribution < 1.29 is 0 Å². The van der Waals surface area contributed by atoms with Crippen molar-refractivity contribution in [1.29, 1.82) is 0 Å². The van der Waals surface area contributed by atoms with Crippen LogP contribution in [0.5, 0.6) is 0 Å². The fourth-order valence-electron chi connectivity index (χ4n) is 4.50. The Kier molecular flexibility index (Phi) is 6.74. The Balaban J connectivity index is 2.08. The molecule has 1 aromatic heterocycles. The van der Waals surface area contributed by atoms with Crippen molar-refractivity contribution in [2.24, 2.45) is 5.92 Å². The van der Waals surface area contributed by atoms with Gasteiger partial charge in [-0.1, -0.05) is 29.3 Å². The number of aromatic nitrogens is 2. The van der Waals surface area contributed by atoms with E-state index in [-0.39, 0.29) is 5.56 Å². The number of hydrogen-bond acceptors (Lipinski definition) is 3. The summed E-state index contributed by atoms with van der Waals surface area (Å²) in [5.41, 5.74) is 0.919. The first-order valence-corrected chi connectivity index (χ1v) is 11.2. The van der Waals surface area contributed by atoms with Crippen LogP contribution >= 0.6 is 15.9 Å². The highest BCUT2D eigenvalue weighted by Crippen LogP contribution is 2.36. The lowest BCUT2D eigenvalue weighted by molar-refractivity contribution is 0.261. The highest BCUT2D eigenvalue weighted by molar-refractivity contribution is 9.10. The van der Waals surface area contributed by atoms with E-state index in [9.17, 15) is 4.79 Å². The molecule has 148 valence electrons. The third-order valence-electron chi connectivity index (χ3n) is 6.32. The number of likely N-dealkylation sites (tertiary alicyclic amines) is 1. The van der Waals surface area contributed by atoms with Crippen molar-refractivity contribution in [3.05, 3.63) is 38.9 Å². The van der Waals surface area contributed by atoms with Crippen LogP contribution in [-0.4, -0.2) is 34.1 Å². The Hall–Kier alpha value is -1.20. The third-order valence-corrected chi connectivity index (χ3v) is 6.82. The standard InChI is InChI=1S/C22H32BrN3O/c1-5-7-18(16-9-8-15(3)25(4)13-12-16)21-24-20-11-10-17(23)14-19(20)22(27)26(21)6-2/h10-11,14-16,18H,5-9,12-13H2,1-4H3/t15-,16?,18?/m1/s1. The molecule has 2 heterocycles. The van der Waals surface area contributed by atoms with Crippen LogP contribution in [0.15, 0.2) is 27.5 Å². The quantitative estimate of drug-likeness (QED) is 0.651. The van der Waals surface area contributed by atoms with Gasteiger partial charge in [0.2, 0.25) is 0 Å². The number of rotatable bonds is 5. The van der Waals surface area contributed by atoms with Crippen molar-refractivity contribution in [3.63, 3.8) is 0 Å². The first-order chi connectivity index (χ1) is 13.0. The van der Waals surface area contributed by atoms with Crippen LogP contribution < -0.4 is 5.56 Å². The van der Waals surface area contributed by atoms with Crippen LogP contribution in [0.3, 0.4) is 0 Å². The SMILES string of the molecule is CCCC(c1nc2ccc(Br)cc2c(=O)n1CC)C1CC[C@@H](C)N(C)CC1. The smallest absolute Gasteiger partial charge is 0.261 e. The topological polar surface area (TPSA) is 38.1 Å². The van der Waals surface area contributed by atoms with Crippen molar-refractivity contribution in [2.75, 3.05) is 13.6 Å². The zero-order valence-electron chi connectivity index (χ0n) is 17.0. The zero-order chi connectivity index (χ0) is 19.6. The lowest BCUT2D eigenvalue weighted by Gasteiger charge is -2.28. The Morgan fingerprint density at radius 2 is 2.04 bits per heavy atom. The fourth-order valence-corrected chi connectivity index (χ4v) is 4.86. The van der Waals surface area contributed by atoms with Gasteiger partial charge in [-0.05, 0) is 77.2 Å². The van der Waals surface area contributed by atoms with Gasteiger partial charge in [-0.3, -0.25) is 9.36 Å². The molecule has 0 radical (unpaired) electrons. The van der Waals surface area contributed by atoms with Crippen LogP contribution in [0.4, 0.5) is 0 Å². The molecule has 0 saturated carbocycles. The normalized spacial score (nSPS) is 22.7. The summed E-state index contributed by atoms with van der Waals surface area (Å²) in [6, 6.07) is 6.48. The Morgan fingerprint density at radius 1 is 1.26 bits per heavy atom. The van der Waals surface area contributed by atoms with Gasteiger partial charge in [0.1, 0.15) is 5.82 Å². The first-order valence-electron chi connectivity index (χ1n) is 10.4. The monoisotopic (exact) mass is 433 g/mol. The van der Waals surface area contributed by atoms with Crippen LogP contribution in [0.2, 0.25) is 0 Å². The number of hydrogen-bond donors (Lipinski definition) is 0. The van der Waals surface area contributed by atoms with Gasteiger partial charge in [0.25, 0.3) is 5.56 Å². The summed E-state index contributed by atoms with van der Waals surface area (Å²) < 4.78 is 2.85. The average molecular weight is 434 g/mol. The predicted octanol–water partition coefficient (Wildman–Crippen LogP) is 5.18. The first kappa shape index (κ1) is 20.5. The largest absolute Gasteiger partial charge is 0.304 e. The van der Waals surface area contributed by atoms with E-state index in [1.807, 2.05) is 22.8 Å². The maximum atomic E-state index is 13.2. The molecule has 2 aromatic rings. The molecule has 1 fully saturated rings. The molecular weight excluding hydrogens is 402 g/mol. The molecule has 0 bridgehead atoms. The molecule has 0 amide bonds. The summed E-state index contributed by atoms with van der Waals surface area (Å²) in [4.78, 5) is 20.7. The second kappa shape index (κ2) is 8.87. The van der Waals surface area contributed by atoms with Crippen LogP contribution in [0.1, 0.15) is 64.6 Å². The Bertz CT molecular complexity index is 835. The lowest BCUT2D eigenvalue weighted by atomic mass is 9.82. The van der Waals surface area contributed by atoms with Crippen LogP contribution in [-0.2, 0) is 6.54 Å². The van der Waals surface area contributed by atoms with Gasteiger partial charge < -0.3 is 4.90 Å². The number of halogens is 1. The molecule has 1 aliphatic heterocycles. The number of fused-ring (bicyclic) bond motifs is 1. The predicted molar refractivity (Wildman–Crippen MR) is 116 cm³/mol. The molecule has 0 aliphatic carbocycles. The van der Waals surface area contributed by atoms with Crippen molar-refractivity contribution in [1.82, 2.24) is 14.5 Å². The van der Waals surface area contributed by atoms with Crippen molar-refractivity contribution >= 4 is 26.8 Å². The Morgan fingerprint density at radius 3 is 2.74 bits per heavy atom. The van der Waals surface area contributed by atoms with Crippen LogP contribution in [0, 0.1) is 5.92 Å². The molecule has 1 aromatic carbocycles. The van der Waals surface area contributed by atoms with Crippen LogP contribution in [0.25, 0.3) is 10.9 Å². The molecular formula is C22H32BrN3O. The summed E-state index contributed by atoms with van der Waals surface area (Å²) in [6.07, 6.45) is 5.83. The highest BCUT2D eigenvalue weighted by Gasteiger charge is 2.30. The number of benzene rings is 1. The van der Waals surface area contributed by atoms with Gasteiger partial charge in [0, 0.05) is 23.0 Å². The van der Waals surface area contributed by atoms with Crippen molar-refractivity contribution in [3.8, 4) is 0 Å². The summed E-state index contributed by atoms with van der Waals surface area (Å²) in [7, 11) is 2.23. The molecule has 3 rings (SSSR count). The zero-order valence-corrected chi connectivity index (χ0v) is 18.6. The van der Waals surface area contributed by atoms with E-state index in [1.165, 1.54) is 19.3 Å². The van der Waals surface area contributed by atoms with E-state index in [1.54, 1.807) is 0 Å². The van der Waals surface area contributed by atoms with Gasteiger partial charge in [-0.2, -0.15) is 0 Å². The van der Waals surface area contributed by atoms with E-state index < -0.39 is 0 Å². The molecule has 0 spiro atoms. The average Bonchev–Trinajstić information content (AvgIpc) is 2.82. The highest BCUT2D eigenvalue weighted by atomic mass is 79.9.